The number of benzene rings is 2. The van der Waals surface area contributed by atoms with E-state index in [1.54, 1.807) is 24.3 Å². The fraction of sp³-hybridized carbons (Fsp3) is 0.143. The van der Waals surface area contributed by atoms with Gasteiger partial charge in [0.2, 0.25) is 0 Å². The van der Waals surface area contributed by atoms with E-state index in [4.69, 9.17) is 23.2 Å². The van der Waals surface area contributed by atoms with Crippen molar-refractivity contribution < 1.29 is 4.39 Å². The lowest BCUT2D eigenvalue weighted by atomic mass is 10.1. The summed E-state index contributed by atoms with van der Waals surface area (Å²) in [7, 11) is 0. The predicted molar refractivity (Wildman–Crippen MR) is 74.9 cm³/mol. The van der Waals surface area contributed by atoms with E-state index in [9.17, 15) is 4.39 Å². The van der Waals surface area contributed by atoms with Crippen LogP contribution in [0, 0.1) is 12.7 Å². The Morgan fingerprint density at radius 1 is 1.11 bits per heavy atom. The first-order valence-corrected chi connectivity index (χ1v) is 6.26. The van der Waals surface area contributed by atoms with E-state index >= 15 is 0 Å². The maximum atomic E-state index is 13.6. The van der Waals surface area contributed by atoms with E-state index in [0.717, 1.165) is 11.1 Å². The van der Waals surface area contributed by atoms with Crippen LogP contribution in [-0.4, -0.2) is 0 Å². The molecule has 0 atom stereocenters. The van der Waals surface area contributed by atoms with Crippen LogP contribution in [0.15, 0.2) is 36.4 Å². The maximum absolute atomic E-state index is 13.6. The summed E-state index contributed by atoms with van der Waals surface area (Å²) in [6.07, 6.45) is 0. The average molecular weight is 284 g/mol. The van der Waals surface area contributed by atoms with E-state index in [-0.39, 0.29) is 5.82 Å². The first kappa shape index (κ1) is 13.2. The third kappa shape index (κ3) is 3.15. The average Bonchev–Trinajstić information content (AvgIpc) is 2.27. The van der Waals surface area contributed by atoms with Gasteiger partial charge in [-0.3, -0.25) is 0 Å². The first-order valence-electron chi connectivity index (χ1n) is 5.50. The van der Waals surface area contributed by atoms with Crippen LogP contribution in [0.3, 0.4) is 0 Å². The minimum Gasteiger partial charge on any atom is -0.378 e. The van der Waals surface area contributed by atoms with Gasteiger partial charge in [0, 0.05) is 16.6 Å². The third-order valence-electron chi connectivity index (χ3n) is 2.61. The van der Waals surface area contributed by atoms with Crippen molar-refractivity contribution in [3.05, 3.63) is 63.4 Å². The lowest BCUT2D eigenvalue weighted by Crippen LogP contribution is -2.03. The minimum absolute atomic E-state index is 0.261. The highest BCUT2D eigenvalue weighted by Crippen LogP contribution is 2.22. The van der Waals surface area contributed by atoms with Gasteiger partial charge in [0.25, 0.3) is 0 Å². The van der Waals surface area contributed by atoms with Crippen molar-refractivity contribution in [2.45, 2.75) is 13.5 Å². The molecule has 2 aromatic carbocycles. The molecule has 0 fully saturated rings. The molecule has 2 aromatic rings. The number of anilines is 1. The molecule has 0 saturated heterocycles. The van der Waals surface area contributed by atoms with Gasteiger partial charge in [0.1, 0.15) is 5.82 Å². The molecule has 18 heavy (non-hydrogen) atoms. The largest absolute Gasteiger partial charge is 0.378 e. The maximum Gasteiger partial charge on any atom is 0.146 e. The van der Waals surface area contributed by atoms with Crippen LogP contribution in [0.25, 0.3) is 0 Å². The summed E-state index contributed by atoms with van der Waals surface area (Å²) in [6.45, 7) is 2.33. The highest BCUT2D eigenvalue weighted by molar-refractivity contribution is 6.34. The van der Waals surface area contributed by atoms with Crippen LogP contribution in [0.5, 0.6) is 0 Å². The SMILES string of the molecule is Cc1cccc(F)c1NCc1cc(Cl)cc(Cl)c1. The zero-order valence-electron chi connectivity index (χ0n) is 9.81. The van der Waals surface area contributed by atoms with E-state index in [1.165, 1.54) is 6.07 Å². The molecule has 0 aliphatic rings. The van der Waals surface area contributed by atoms with E-state index in [2.05, 4.69) is 5.32 Å². The monoisotopic (exact) mass is 283 g/mol. The lowest BCUT2D eigenvalue weighted by molar-refractivity contribution is 0.629. The molecule has 0 saturated carbocycles. The van der Waals surface area contributed by atoms with Crippen molar-refractivity contribution in [2.75, 3.05) is 5.32 Å². The minimum atomic E-state index is -0.261. The molecular weight excluding hydrogens is 272 g/mol. The fourth-order valence-electron chi connectivity index (χ4n) is 1.76. The number of hydrogen-bond acceptors (Lipinski definition) is 1. The molecular formula is C14H12Cl2FN. The van der Waals surface area contributed by atoms with Crippen molar-refractivity contribution in [2.24, 2.45) is 0 Å². The van der Waals surface area contributed by atoms with Crippen molar-refractivity contribution in [3.8, 4) is 0 Å². The normalized spacial score (nSPS) is 10.4. The number of aryl methyl sites for hydroxylation is 1. The Labute approximate surface area is 116 Å². The second-order valence-corrected chi connectivity index (χ2v) is 4.94. The van der Waals surface area contributed by atoms with E-state index in [0.29, 0.717) is 22.3 Å². The van der Waals surface area contributed by atoms with Crippen LogP contribution >= 0.6 is 23.2 Å². The number of hydrogen-bond donors (Lipinski definition) is 1. The van der Waals surface area contributed by atoms with Gasteiger partial charge in [0.05, 0.1) is 5.69 Å². The molecule has 0 aliphatic carbocycles. The van der Waals surface area contributed by atoms with Crippen molar-refractivity contribution in [1.82, 2.24) is 0 Å². The van der Waals surface area contributed by atoms with Crippen LogP contribution in [0.4, 0.5) is 10.1 Å². The Hall–Kier alpha value is -1.25. The number of rotatable bonds is 3. The van der Waals surface area contributed by atoms with Gasteiger partial charge in [-0.05, 0) is 42.3 Å². The quantitative estimate of drug-likeness (QED) is 0.831. The molecule has 0 aromatic heterocycles. The first-order chi connectivity index (χ1) is 8.56. The van der Waals surface area contributed by atoms with Gasteiger partial charge < -0.3 is 5.32 Å². The fourth-order valence-corrected chi connectivity index (χ4v) is 2.33. The number of para-hydroxylation sites is 1. The molecule has 1 N–H and O–H groups in total. The topological polar surface area (TPSA) is 12.0 Å². The Morgan fingerprint density at radius 3 is 2.39 bits per heavy atom. The molecule has 2 rings (SSSR count). The molecule has 0 aliphatic heterocycles. The number of halogens is 3. The van der Waals surface area contributed by atoms with Crippen molar-refractivity contribution >= 4 is 28.9 Å². The lowest BCUT2D eigenvalue weighted by Gasteiger charge is -2.11. The highest BCUT2D eigenvalue weighted by Gasteiger charge is 2.05. The second-order valence-electron chi connectivity index (χ2n) is 4.06. The van der Waals surface area contributed by atoms with Crippen LogP contribution in [0.1, 0.15) is 11.1 Å². The molecule has 94 valence electrons. The molecule has 0 radical (unpaired) electrons. The Balaban J connectivity index is 2.16. The second kappa shape index (κ2) is 5.59. The number of nitrogens with one attached hydrogen (secondary N) is 1. The Kier molecular flexibility index (Phi) is 4.10. The molecule has 0 spiro atoms. The summed E-state index contributed by atoms with van der Waals surface area (Å²) >= 11 is 11.8. The van der Waals surface area contributed by atoms with E-state index < -0.39 is 0 Å². The standard InChI is InChI=1S/C14H12Cl2FN/c1-9-3-2-4-13(17)14(9)18-8-10-5-11(15)7-12(16)6-10/h2-7,18H,8H2,1H3. The smallest absolute Gasteiger partial charge is 0.146 e. The van der Waals surface area contributed by atoms with Crippen LogP contribution < -0.4 is 5.32 Å². The molecule has 0 amide bonds. The summed E-state index contributed by atoms with van der Waals surface area (Å²) in [6, 6.07) is 10.2. The predicted octanol–water partition coefficient (Wildman–Crippen LogP) is 5.05. The summed E-state index contributed by atoms with van der Waals surface area (Å²) in [5, 5.41) is 4.21. The van der Waals surface area contributed by atoms with Crippen molar-refractivity contribution in [1.29, 1.82) is 0 Å². The van der Waals surface area contributed by atoms with Gasteiger partial charge >= 0.3 is 0 Å². The summed E-state index contributed by atoms with van der Waals surface area (Å²) in [4.78, 5) is 0. The zero-order chi connectivity index (χ0) is 13.1. The van der Waals surface area contributed by atoms with Crippen LogP contribution in [0.2, 0.25) is 10.0 Å². The zero-order valence-corrected chi connectivity index (χ0v) is 11.3. The molecule has 0 heterocycles. The summed E-state index contributed by atoms with van der Waals surface area (Å²) in [5.41, 5.74) is 2.28. The molecule has 0 bridgehead atoms. The van der Waals surface area contributed by atoms with Crippen LogP contribution in [-0.2, 0) is 6.54 Å². The third-order valence-corrected chi connectivity index (χ3v) is 3.05. The van der Waals surface area contributed by atoms with Crippen molar-refractivity contribution in [3.63, 3.8) is 0 Å². The van der Waals surface area contributed by atoms with Gasteiger partial charge in [-0.2, -0.15) is 0 Å². The van der Waals surface area contributed by atoms with E-state index in [1.807, 2.05) is 13.0 Å². The summed E-state index contributed by atoms with van der Waals surface area (Å²) in [5.74, 6) is -0.261. The molecule has 0 unspecified atom stereocenters. The highest BCUT2D eigenvalue weighted by atomic mass is 35.5. The summed E-state index contributed by atoms with van der Waals surface area (Å²) < 4.78 is 13.6. The van der Waals surface area contributed by atoms with Gasteiger partial charge in [-0.1, -0.05) is 35.3 Å². The molecule has 1 nitrogen and oxygen atoms in total. The Morgan fingerprint density at radius 2 is 1.78 bits per heavy atom. The molecule has 4 heteroatoms. The Bertz CT molecular complexity index is 529. The van der Waals surface area contributed by atoms with Gasteiger partial charge in [-0.25, -0.2) is 4.39 Å². The van der Waals surface area contributed by atoms with Gasteiger partial charge in [0.15, 0.2) is 0 Å². The van der Waals surface area contributed by atoms with Gasteiger partial charge in [-0.15, -0.1) is 0 Å².